The molecule has 1 aliphatic rings. The highest BCUT2D eigenvalue weighted by Crippen LogP contribution is 2.24. The maximum absolute atomic E-state index is 11.7. The van der Waals surface area contributed by atoms with E-state index in [1.807, 2.05) is 0 Å². The number of likely N-dealkylation sites (tertiary alicyclic amines) is 1. The van der Waals surface area contributed by atoms with Crippen molar-refractivity contribution in [2.75, 3.05) is 13.1 Å². The number of amides is 1. The third-order valence-corrected chi connectivity index (χ3v) is 3.13. The Morgan fingerprint density at radius 2 is 2.24 bits per heavy atom. The molecule has 1 fully saturated rings. The van der Waals surface area contributed by atoms with Crippen LogP contribution in [0, 0.1) is 11.8 Å². The van der Waals surface area contributed by atoms with Crippen molar-refractivity contribution < 1.29 is 14.7 Å². The number of carboxylic acid groups (broad SMARTS) is 1. The Balaban J connectivity index is 1.80. The van der Waals surface area contributed by atoms with Gasteiger partial charge in [-0.25, -0.2) is 4.68 Å². The third-order valence-electron chi connectivity index (χ3n) is 3.13. The van der Waals surface area contributed by atoms with E-state index < -0.39 is 11.9 Å². The molecule has 17 heavy (non-hydrogen) atoms. The standard InChI is InChI=1S/C10H14N4O3/c1-7(10(16)17)8-4-13(5-8)9(15)6-14-3-2-11-12-14/h2-3,7-8H,4-6H2,1H3,(H,16,17). The summed E-state index contributed by atoms with van der Waals surface area (Å²) in [6.45, 7) is 2.86. The van der Waals surface area contributed by atoms with E-state index in [0.717, 1.165) is 0 Å². The first-order chi connectivity index (χ1) is 8.08. The molecule has 1 atom stereocenters. The van der Waals surface area contributed by atoms with Gasteiger partial charge >= 0.3 is 5.97 Å². The lowest BCUT2D eigenvalue weighted by Crippen LogP contribution is -2.54. The molecule has 7 nitrogen and oxygen atoms in total. The molecule has 1 aromatic heterocycles. The largest absolute Gasteiger partial charge is 0.481 e. The van der Waals surface area contributed by atoms with E-state index in [9.17, 15) is 9.59 Å². The van der Waals surface area contributed by atoms with Crippen LogP contribution in [0.4, 0.5) is 0 Å². The molecule has 1 unspecified atom stereocenters. The second-order valence-corrected chi connectivity index (χ2v) is 4.29. The lowest BCUT2D eigenvalue weighted by molar-refractivity contribution is -0.150. The number of nitrogens with zero attached hydrogens (tertiary/aromatic N) is 4. The Labute approximate surface area is 98.0 Å². The third kappa shape index (κ3) is 2.43. The van der Waals surface area contributed by atoms with Gasteiger partial charge in [-0.15, -0.1) is 5.10 Å². The number of carbonyl (C=O) groups excluding carboxylic acids is 1. The van der Waals surface area contributed by atoms with E-state index >= 15 is 0 Å². The lowest BCUT2D eigenvalue weighted by Gasteiger charge is -2.41. The molecule has 92 valence electrons. The fraction of sp³-hybridized carbons (Fsp3) is 0.600. The number of aliphatic carboxylic acids is 1. The Morgan fingerprint density at radius 3 is 2.76 bits per heavy atom. The maximum Gasteiger partial charge on any atom is 0.306 e. The quantitative estimate of drug-likeness (QED) is 0.760. The zero-order valence-electron chi connectivity index (χ0n) is 9.48. The van der Waals surface area contributed by atoms with Gasteiger partial charge in [0.2, 0.25) is 5.91 Å². The molecule has 0 spiro atoms. The average Bonchev–Trinajstić information content (AvgIpc) is 2.67. The summed E-state index contributed by atoms with van der Waals surface area (Å²) in [6.07, 6.45) is 3.13. The first kappa shape index (κ1) is 11.6. The average molecular weight is 238 g/mol. The molecule has 1 aromatic rings. The fourth-order valence-corrected chi connectivity index (χ4v) is 1.79. The van der Waals surface area contributed by atoms with Crippen LogP contribution in [0.25, 0.3) is 0 Å². The molecule has 1 N–H and O–H groups in total. The van der Waals surface area contributed by atoms with E-state index in [1.54, 1.807) is 18.0 Å². The van der Waals surface area contributed by atoms with Gasteiger partial charge in [-0.1, -0.05) is 12.1 Å². The van der Waals surface area contributed by atoms with Crippen LogP contribution in [0.15, 0.2) is 12.4 Å². The van der Waals surface area contributed by atoms with Crippen molar-refractivity contribution in [1.82, 2.24) is 19.9 Å². The minimum Gasteiger partial charge on any atom is -0.481 e. The minimum absolute atomic E-state index is 0.0515. The molecular formula is C10H14N4O3. The molecule has 2 rings (SSSR count). The molecule has 1 aliphatic heterocycles. The van der Waals surface area contributed by atoms with Crippen LogP contribution < -0.4 is 0 Å². The molecule has 0 aliphatic carbocycles. The number of hydrogen-bond donors (Lipinski definition) is 1. The van der Waals surface area contributed by atoms with Crippen molar-refractivity contribution in [2.24, 2.45) is 11.8 Å². The van der Waals surface area contributed by atoms with Gasteiger partial charge in [0.25, 0.3) is 0 Å². The Bertz CT molecular complexity index is 411. The molecular weight excluding hydrogens is 224 g/mol. The number of hydrogen-bond acceptors (Lipinski definition) is 4. The van der Waals surface area contributed by atoms with Crippen molar-refractivity contribution >= 4 is 11.9 Å². The van der Waals surface area contributed by atoms with Crippen LogP contribution in [-0.4, -0.2) is 50.0 Å². The van der Waals surface area contributed by atoms with Gasteiger partial charge in [-0.2, -0.15) is 0 Å². The highest BCUT2D eigenvalue weighted by molar-refractivity contribution is 5.77. The predicted octanol–water partition coefficient (Wildman–Crippen LogP) is -0.543. The summed E-state index contributed by atoms with van der Waals surface area (Å²) in [5.41, 5.74) is 0. The summed E-state index contributed by atoms with van der Waals surface area (Å²) in [5.74, 6) is -1.19. The van der Waals surface area contributed by atoms with E-state index in [2.05, 4.69) is 10.3 Å². The van der Waals surface area contributed by atoms with E-state index in [0.29, 0.717) is 13.1 Å². The van der Waals surface area contributed by atoms with E-state index in [-0.39, 0.29) is 18.4 Å². The van der Waals surface area contributed by atoms with Crippen LogP contribution in [0.1, 0.15) is 6.92 Å². The summed E-state index contributed by atoms with van der Waals surface area (Å²) in [5, 5.41) is 16.1. The van der Waals surface area contributed by atoms with Crippen molar-refractivity contribution in [3.8, 4) is 0 Å². The van der Waals surface area contributed by atoms with Gasteiger partial charge in [0.05, 0.1) is 12.1 Å². The normalized spacial score (nSPS) is 17.6. The van der Waals surface area contributed by atoms with Gasteiger partial charge in [-0.3, -0.25) is 9.59 Å². The monoisotopic (exact) mass is 238 g/mol. The molecule has 1 saturated heterocycles. The Morgan fingerprint density at radius 1 is 1.53 bits per heavy atom. The molecule has 7 heteroatoms. The Hall–Kier alpha value is -1.92. The van der Waals surface area contributed by atoms with Gasteiger partial charge in [0, 0.05) is 25.2 Å². The molecule has 0 saturated carbocycles. The van der Waals surface area contributed by atoms with Gasteiger partial charge < -0.3 is 10.0 Å². The van der Waals surface area contributed by atoms with Gasteiger partial charge in [-0.05, 0) is 0 Å². The molecule has 0 bridgehead atoms. The fourth-order valence-electron chi connectivity index (χ4n) is 1.79. The van der Waals surface area contributed by atoms with Crippen molar-refractivity contribution in [3.63, 3.8) is 0 Å². The highest BCUT2D eigenvalue weighted by Gasteiger charge is 2.36. The molecule has 0 radical (unpaired) electrons. The lowest BCUT2D eigenvalue weighted by atomic mass is 9.87. The SMILES string of the molecule is CC(C(=O)O)C1CN(C(=O)Cn2ccnn2)C1. The van der Waals surface area contributed by atoms with E-state index in [1.165, 1.54) is 10.9 Å². The number of aromatic nitrogens is 3. The van der Waals surface area contributed by atoms with Crippen molar-refractivity contribution in [1.29, 1.82) is 0 Å². The second kappa shape index (κ2) is 4.52. The summed E-state index contributed by atoms with van der Waals surface area (Å²) >= 11 is 0. The molecule has 1 amide bonds. The number of rotatable bonds is 4. The van der Waals surface area contributed by atoms with Crippen LogP contribution in [0.5, 0.6) is 0 Å². The zero-order chi connectivity index (χ0) is 12.4. The van der Waals surface area contributed by atoms with Crippen molar-refractivity contribution in [3.05, 3.63) is 12.4 Å². The smallest absolute Gasteiger partial charge is 0.306 e. The zero-order valence-corrected chi connectivity index (χ0v) is 9.48. The van der Waals surface area contributed by atoms with E-state index in [4.69, 9.17) is 5.11 Å². The van der Waals surface area contributed by atoms with Crippen LogP contribution in [0.3, 0.4) is 0 Å². The first-order valence-electron chi connectivity index (χ1n) is 5.42. The van der Waals surface area contributed by atoms with Crippen LogP contribution in [0.2, 0.25) is 0 Å². The number of carboxylic acids is 1. The minimum atomic E-state index is -0.807. The second-order valence-electron chi connectivity index (χ2n) is 4.29. The highest BCUT2D eigenvalue weighted by atomic mass is 16.4. The Kier molecular flexibility index (Phi) is 3.08. The molecule has 0 aromatic carbocycles. The van der Waals surface area contributed by atoms with Crippen molar-refractivity contribution in [2.45, 2.75) is 13.5 Å². The summed E-state index contributed by atoms with van der Waals surface area (Å²) in [4.78, 5) is 24.1. The van der Waals surface area contributed by atoms with Gasteiger partial charge in [0.1, 0.15) is 6.54 Å². The summed E-state index contributed by atoms with van der Waals surface area (Å²) < 4.78 is 1.45. The van der Waals surface area contributed by atoms with Crippen LogP contribution in [-0.2, 0) is 16.1 Å². The summed E-state index contributed by atoms with van der Waals surface area (Å²) in [6, 6.07) is 0. The summed E-state index contributed by atoms with van der Waals surface area (Å²) in [7, 11) is 0. The predicted molar refractivity (Wildman–Crippen MR) is 56.9 cm³/mol. The maximum atomic E-state index is 11.7. The van der Waals surface area contributed by atoms with Gasteiger partial charge in [0.15, 0.2) is 0 Å². The number of carbonyl (C=O) groups is 2. The first-order valence-corrected chi connectivity index (χ1v) is 5.42. The van der Waals surface area contributed by atoms with Crippen LogP contribution >= 0.6 is 0 Å². The topological polar surface area (TPSA) is 88.3 Å². The molecule has 2 heterocycles.